The smallest absolute Gasteiger partial charge is 0.341 e. The summed E-state index contributed by atoms with van der Waals surface area (Å²) in [5.41, 5.74) is 1.13. The number of rotatable bonds is 1. The summed E-state index contributed by atoms with van der Waals surface area (Å²) in [7, 11) is 1.33. The quantitative estimate of drug-likeness (QED) is 0.695. The Bertz CT molecular complexity index is 464. The number of para-hydroxylation sites is 1. The van der Waals surface area contributed by atoms with Crippen molar-refractivity contribution >= 4 is 11.8 Å². The standard InChI is InChI=1S/C13H14O4/c1-8-6-10(14)7-9-4-3-5-11(12(9)17-8)13(15)16-2/h3-5,8H,6-7H2,1-2H3. The van der Waals surface area contributed by atoms with E-state index in [2.05, 4.69) is 0 Å². The van der Waals surface area contributed by atoms with Crippen LogP contribution in [0.15, 0.2) is 18.2 Å². The molecule has 1 aliphatic heterocycles. The molecule has 1 aromatic rings. The zero-order chi connectivity index (χ0) is 12.4. The molecule has 0 bridgehead atoms. The molecule has 0 amide bonds. The maximum Gasteiger partial charge on any atom is 0.341 e. The molecule has 0 N–H and O–H groups in total. The van der Waals surface area contributed by atoms with Crippen molar-refractivity contribution in [2.24, 2.45) is 0 Å². The molecule has 2 rings (SSSR count). The predicted octanol–water partition coefficient (Wildman–Crippen LogP) is 1.76. The van der Waals surface area contributed by atoms with Crippen LogP contribution in [0.5, 0.6) is 5.75 Å². The van der Waals surface area contributed by atoms with Crippen LogP contribution in [0, 0.1) is 0 Å². The lowest BCUT2D eigenvalue weighted by Crippen LogP contribution is -2.15. The van der Waals surface area contributed by atoms with Crippen molar-refractivity contribution in [1.82, 2.24) is 0 Å². The van der Waals surface area contributed by atoms with Crippen molar-refractivity contribution in [3.05, 3.63) is 29.3 Å². The lowest BCUT2D eigenvalue weighted by molar-refractivity contribution is -0.119. The Balaban J connectivity index is 2.49. The molecule has 4 nitrogen and oxygen atoms in total. The molecule has 0 aromatic heterocycles. The van der Waals surface area contributed by atoms with Gasteiger partial charge in [-0.1, -0.05) is 12.1 Å². The molecule has 0 spiro atoms. The van der Waals surface area contributed by atoms with Gasteiger partial charge in [0.2, 0.25) is 0 Å². The van der Waals surface area contributed by atoms with E-state index in [9.17, 15) is 9.59 Å². The van der Waals surface area contributed by atoms with Crippen LogP contribution in [0.3, 0.4) is 0 Å². The highest BCUT2D eigenvalue weighted by Crippen LogP contribution is 2.29. The zero-order valence-electron chi connectivity index (χ0n) is 9.86. The number of esters is 1. The number of benzene rings is 1. The average molecular weight is 234 g/mol. The fourth-order valence-corrected chi connectivity index (χ4v) is 1.98. The van der Waals surface area contributed by atoms with Gasteiger partial charge < -0.3 is 9.47 Å². The SMILES string of the molecule is COC(=O)c1cccc2c1OC(C)CC(=O)C2. The van der Waals surface area contributed by atoms with Crippen molar-refractivity contribution in [3.63, 3.8) is 0 Å². The Kier molecular flexibility index (Phi) is 3.13. The van der Waals surface area contributed by atoms with E-state index < -0.39 is 5.97 Å². The first-order valence-corrected chi connectivity index (χ1v) is 5.50. The van der Waals surface area contributed by atoms with Gasteiger partial charge in [-0.3, -0.25) is 4.79 Å². The molecule has 0 aliphatic carbocycles. The molecule has 90 valence electrons. The molecule has 1 atom stereocenters. The number of hydrogen-bond acceptors (Lipinski definition) is 4. The summed E-state index contributed by atoms with van der Waals surface area (Å²) >= 11 is 0. The van der Waals surface area contributed by atoms with Gasteiger partial charge in [-0.05, 0) is 13.0 Å². The monoisotopic (exact) mass is 234 g/mol. The minimum atomic E-state index is -0.441. The van der Waals surface area contributed by atoms with E-state index in [0.717, 1.165) is 5.56 Å². The van der Waals surface area contributed by atoms with Gasteiger partial charge in [0.15, 0.2) is 0 Å². The minimum Gasteiger partial charge on any atom is -0.489 e. The van der Waals surface area contributed by atoms with E-state index in [1.54, 1.807) is 18.2 Å². The van der Waals surface area contributed by atoms with Crippen LogP contribution >= 0.6 is 0 Å². The summed E-state index contributed by atoms with van der Waals surface area (Å²) in [5.74, 6) is 0.166. The van der Waals surface area contributed by atoms with Crippen LogP contribution < -0.4 is 4.74 Å². The van der Waals surface area contributed by atoms with Gasteiger partial charge in [0.25, 0.3) is 0 Å². The Morgan fingerprint density at radius 2 is 2.24 bits per heavy atom. The number of fused-ring (bicyclic) bond motifs is 1. The van der Waals surface area contributed by atoms with Gasteiger partial charge in [-0.15, -0.1) is 0 Å². The van der Waals surface area contributed by atoms with Crippen molar-refractivity contribution in [1.29, 1.82) is 0 Å². The van der Waals surface area contributed by atoms with Crippen LogP contribution in [-0.2, 0) is 16.0 Å². The van der Waals surface area contributed by atoms with Gasteiger partial charge in [-0.2, -0.15) is 0 Å². The fraction of sp³-hybridized carbons (Fsp3) is 0.385. The van der Waals surface area contributed by atoms with Crippen LogP contribution in [0.25, 0.3) is 0 Å². The van der Waals surface area contributed by atoms with Gasteiger partial charge in [0.05, 0.1) is 7.11 Å². The molecular formula is C13H14O4. The third kappa shape index (κ3) is 2.30. The Morgan fingerprint density at radius 1 is 1.47 bits per heavy atom. The van der Waals surface area contributed by atoms with E-state index in [1.807, 2.05) is 6.92 Å². The number of Topliss-reactive ketones (excluding diaryl/α,β-unsaturated/α-hetero) is 1. The van der Waals surface area contributed by atoms with Crippen LogP contribution in [0.2, 0.25) is 0 Å². The Labute approximate surface area is 99.5 Å². The molecular weight excluding hydrogens is 220 g/mol. The molecule has 0 fully saturated rings. The largest absolute Gasteiger partial charge is 0.489 e. The topological polar surface area (TPSA) is 52.6 Å². The number of carbonyl (C=O) groups is 2. The van der Waals surface area contributed by atoms with Crippen molar-refractivity contribution in [2.75, 3.05) is 7.11 Å². The van der Waals surface area contributed by atoms with E-state index in [0.29, 0.717) is 24.2 Å². The maximum absolute atomic E-state index is 11.6. The predicted molar refractivity (Wildman–Crippen MR) is 61.2 cm³/mol. The molecule has 1 unspecified atom stereocenters. The van der Waals surface area contributed by atoms with Crippen molar-refractivity contribution in [2.45, 2.75) is 25.9 Å². The first kappa shape index (κ1) is 11.6. The third-order valence-corrected chi connectivity index (χ3v) is 2.72. The number of hydrogen-bond donors (Lipinski definition) is 0. The Morgan fingerprint density at radius 3 is 2.94 bits per heavy atom. The molecule has 0 saturated heterocycles. The van der Waals surface area contributed by atoms with Crippen molar-refractivity contribution < 1.29 is 19.1 Å². The molecule has 0 saturated carbocycles. The summed E-state index contributed by atoms with van der Waals surface area (Å²) in [6.07, 6.45) is 0.467. The van der Waals surface area contributed by atoms with Crippen LogP contribution in [-0.4, -0.2) is 25.0 Å². The molecule has 1 aromatic carbocycles. The number of methoxy groups -OCH3 is 1. The highest BCUT2D eigenvalue weighted by molar-refractivity contribution is 5.94. The first-order valence-electron chi connectivity index (χ1n) is 5.50. The van der Waals surface area contributed by atoms with E-state index in [-0.39, 0.29) is 11.9 Å². The number of carbonyl (C=O) groups excluding carboxylic acids is 2. The Hall–Kier alpha value is -1.84. The number of ether oxygens (including phenoxy) is 2. The molecule has 17 heavy (non-hydrogen) atoms. The van der Waals surface area contributed by atoms with Crippen LogP contribution in [0.4, 0.5) is 0 Å². The second-order valence-electron chi connectivity index (χ2n) is 4.13. The second-order valence-corrected chi connectivity index (χ2v) is 4.13. The van der Waals surface area contributed by atoms with Gasteiger partial charge >= 0.3 is 5.97 Å². The lowest BCUT2D eigenvalue weighted by atomic mass is 10.0. The highest BCUT2D eigenvalue weighted by Gasteiger charge is 2.24. The fourth-order valence-electron chi connectivity index (χ4n) is 1.98. The van der Waals surface area contributed by atoms with E-state index >= 15 is 0 Å². The summed E-state index contributed by atoms with van der Waals surface area (Å²) < 4.78 is 10.4. The molecule has 1 heterocycles. The normalized spacial score (nSPS) is 18.9. The highest BCUT2D eigenvalue weighted by atomic mass is 16.5. The summed E-state index contributed by atoms with van der Waals surface area (Å²) in [4.78, 5) is 23.2. The zero-order valence-corrected chi connectivity index (χ0v) is 9.86. The average Bonchev–Trinajstić information content (AvgIpc) is 2.43. The molecule has 1 aliphatic rings. The van der Waals surface area contributed by atoms with E-state index in [4.69, 9.17) is 9.47 Å². The summed E-state index contributed by atoms with van der Waals surface area (Å²) in [6, 6.07) is 5.18. The molecule has 4 heteroatoms. The molecule has 0 radical (unpaired) electrons. The lowest BCUT2D eigenvalue weighted by Gasteiger charge is -2.14. The maximum atomic E-state index is 11.6. The first-order chi connectivity index (χ1) is 8.11. The minimum absolute atomic E-state index is 0.123. The second kappa shape index (κ2) is 4.57. The third-order valence-electron chi connectivity index (χ3n) is 2.72. The van der Waals surface area contributed by atoms with Crippen LogP contribution in [0.1, 0.15) is 29.3 Å². The summed E-state index contributed by atoms with van der Waals surface area (Å²) in [6.45, 7) is 1.82. The van der Waals surface area contributed by atoms with Gasteiger partial charge in [0, 0.05) is 18.4 Å². The summed E-state index contributed by atoms with van der Waals surface area (Å²) in [5, 5.41) is 0. The van der Waals surface area contributed by atoms with Gasteiger partial charge in [0.1, 0.15) is 23.2 Å². The van der Waals surface area contributed by atoms with Crippen molar-refractivity contribution in [3.8, 4) is 5.75 Å². The number of ketones is 1. The van der Waals surface area contributed by atoms with Gasteiger partial charge in [-0.25, -0.2) is 4.79 Å². The van der Waals surface area contributed by atoms with E-state index in [1.165, 1.54) is 7.11 Å².